The maximum atomic E-state index is 11.3. The molecule has 1 heterocycles. The third-order valence-corrected chi connectivity index (χ3v) is 4.24. The Balaban J connectivity index is 1.66. The molecule has 0 spiro atoms. The Bertz CT molecular complexity index is 784. The Hall–Kier alpha value is -2.77. The van der Waals surface area contributed by atoms with Gasteiger partial charge in [0.15, 0.2) is 17.8 Å². The summed E-state index contributed by atoms with van der Waals surface area (Å²) in [6.45, 7) is 1.29. The van der Waals surface area contributed by atoms with E-state index in [9.17, 15) is 9.90 Å². The maximum Gasteiger partial charge on any atom is 0.335 e. The number of rotatable bonds is 9. The zero-order valence-corrected chi connectivity index (χ0v) is 15.8. The van der Waals surface area contributed by atoms with Crippen LogP contribution in [0.2, 0.25) is 0 Å². The van der Waals surface area contributed by atoms with Crippen molar-refractivity contribution in [3.05, 3.63) is 48.0 Å². The van der Waals surface area contributed by atoms with Crippen LogP contribution in [-0.4, -0.2) is 44.3 Å². The standard InChI is InChI=1S/C21H24O7/c1-24-16-5-4-6-17(14-16)28-18-9-8-15(21(22)23)13-19(18)25-11-12-27-20-7-2-3-10-26-20/h4-6,8-9,13-14,20H,2-3,7,10-12H2,1H3,(H,22,23). The molecule has 0 aliphatic carbocycles. The van der Waals surface area contributed by atoms with Crippen molar-refractivity contribution in [1.82, 2.24) is 0 Å². The predicted octanol–water partition coefficient (Wildman–Crippen LogP) is 4.11. The van der Waals surface area contributed by atoms with Crippen LogP contribution in [0.15, 0.2) is 42.5 Å². The fraction of sp³-hybridized carbons (Fsp3) is 0.381. The molecule has 1 saturated heterocycles. The third-order valence-electron chi connectivity index (χ3n) is 4.24. The molecule has 1 aliphatic rings. The summed E-state index contributed by atoms with van der Waals surface area (Å²) in [6, 6.07) is 11.6. The lowest BCUT2D eigenvalue weighted by Crippen LogP contribution is -2.24. The molecular weight excluding hydrogens is 364 g/mol. The molecule has 7 nitrogen and oxygen atoms in total. The number of carboxylic acids is 1. The molecule has 2 aromatic rings. The molecule has 1 atom stereocenters. The summed E-state index contributed by atoms with van der Waals surface area (Å²) in [7, 11) is 1.57. The van der Waals surface area contributed by atoms with E-state index in [0.29, 0.717) is 36.2 Å². The number of hydrogen-bond acceptors (Lipinski definition) is 6. The Morgan fingerprint density at radius 3 is 2.71 bits per heavy atom. The van der Waals surface area contributed by atoms with Crippen molar-refractivity contribution < 1.29 is 33.6 Å². The van der Waals surface area contributed by atoms with E-state index in [1.807, 2.05) is 6.07 Å². The number of methoxy groups -OCH3 is 1. The average molecular weight is 388 g/mol. The van der Waals surface area contributed by atoms with Gasteiger partial charge in [0.2, 0.25) is 0 Å². The van der Waals surface area contributed by atoms with Crippen LogP contribution in [0.1, 0.15) is 29.6 Å². The molecule has 1 aliphatic heterocycles. The molecule has 0 radical (unpaired) electrons. The van der Waals surface area contributed by atoms with Gasteiger partial charge in [-0.25, -0.2) is 4.79 Å². The number of carboxylic acid groups (broad SMARTS) is 1. The summed E-state index contributed by atoms with van der Waals surface area (Å²) in [5.41, 5.74) is 0.115. The normalized spacial score (nSPS) is 16.4. The number of hydrogen-bond donors (Lipinski definition) is 1. The van der Waals surface area contributed by atoms with Crippen LogP contribution in [0.25, 0.3) is 0 Å². The quantitative estimate of drug-likeness (QED) is 0.647. The van der Waals surface area contributed by atoms with Crippen molar-refractivity contribution in [3.63, 3.8) is 0 Å². The molecule has 28 heavy (non-hydrogen) atoms. The number of benzene rings is 2. The Morgan fingerprint density at radius 1 is 1.11 bits per heavy atom. The molecule has 2 aromatic carbocycles. The van der Waals surface area contributed by atoms with E-state index in [0.717, 1.165) is 19.3 Å². The number of ether oxygens (including phenoxy) is 5. The van der Waals surface area contributed by atoms with Gasteiger partial charge in [-0.2, -0.15) is 0 Å². The van der Waals surface area contributed by atoms with Crippen LogP contribution in [0.5, 0.6) is 23.0 Å². The minimum absolute atomic E-state index is 0.115. The fourth-order valence-corrected chi connectivity index (χ4v) is 2.80. The van der Waals surface area contributed by atoms with E-state index >= 15 is 0 Å². The molecular formula is C21H24O7. The van der Waals surface area contributed by atoms with Gasteiger partial charge in [0.1, 0.15) is 18.1 Å². The van der Waals surface area contributed by atoms with Crippen molar-refractivity contribution in [2.45, 2.75) is 25.6 Å². The first kappa shape index (κ1) is 20.0. The van der Waals surface area contributed by atoms with Gasteiger partial charge in [-0.1, -0.05) is 6.07 Å². The summed E-state index contributed by atoms with van der Waals surface area (Å²) in [5.74, 6) is 0.912. The van der Waals surface area contributed by atoms with Gasteiger partial charge in [-0.05, 0) is 49.6 Å². The summed E-state index contributed by atoms with van der Waals surface area (Å²) < 4.78 is 28.0. The highest BCUT2D eigenvalue weighted by Crippen LogP contribution is 2.34. The smallest absolute Gasteiger partial charge is 0.335 e. The van der Waals surface area contributed by atoms with Crippen LogP contribution in [-0.2, 0) is 9.47 Å². The third kappa shape index (κ3) is 5.61. The Morgan fingerprint density at radius 2 is 1.96 bits per heavy atom. The molecule has 3 rings (SSSR count). The van der Waals surface area contributed by atoms with Crippen LogP contribution in [0, 0.1) is 0 Å². The molecule has 1 fully saturated rings. The van der Waals surface area contributed by atoms with Crippen LogP contribution < -0.4 is 14.2 Å². The zero-order valence-electron chi connectivity index (χ0n) is 15.8. The summed E-state index contributed by atoms with van der Waals surface area (Å²) in [6.07, 6.45) is 2.82. The minimum Gasteiger partial charge on any atom is -0.497 e. The van der Waals surface area contributed by atoms with E-state index in [-0.39, 0.29) is 18.5 Å². The molecule has 150 valence electrons. The van der Waals surface area contributed by atoms with E-state index in [1.54, 1.807) is 31.4 Å². The van der Waals surface area contributed by atoms with Gasteiger partial charge in [-0.15, -0.1) is 0 Å². The Labute approximate surface area is 163 Å². The monoisotopic (exact) mass is 388 g/mol. The number of aromatic carboxylic acids is 1. The second kappa shape index (κ2) is 9.96. The SMILES string of the molecule is COc1cccc(Oc2ccc(C(=O)O)cc2OCCOC2CCCCO2)c1. The highest BCUT2D eigenvalue weighted by Gasteiger charge is 2.15. The van der Waals surface area contributed by atoms with Crippen LogP contribution in [0.4, 0.5) is 0 Å². The predicted molar refractivity (Wildman–Crippen MR) is 102 cm³/mol. The van der Waals surface area contributed by atoms with E-state index in [4.69, 9.17) is 23.7 Å². The van der Waals surface area contributed by atoms with E-state index < -0.39 is 5.97 Å². The van der Waals surface area contributed by atoms with Gasteiger partial charge in [-0.3, -0.25) is 0 Å². The second-order valence-corrected chi connectivity index (χ2v) is 6.26. The number of carbonyl (C=O) groups is 1. The first-order chi connectivity index (χ1) is 13.7. The highest BCUT2D eigenvalue weighted by atomic mass is 16.7. The van der Waals surface area contributed by atoms with Crippen LogP contribution in [0.3, 0.4) is 0 Å². The van der Waals surface area contributed by atoms with Crippen molar-refractivity contribution in [1.29, 1.82) is 0 Å². The lowest BCUT2D eigenvalue weighted by molar-refractivity contribution is -0.165. The molecule has 0 amide bonds. The van der Waals surface area contributed by atoms with Gasteiger partial charge >= 0.3 is 5.97 Å². The highest BCUT2D eigenvalue weighted by molar-refractivity contribution is 5.88. The summed E-state index contributed by atoms with van der Waals surface area (Å²) >= 11 is 0. The van der Waals surface area contributed by atoms with Gasteiger partial charge in [0, 0.05) is 12.7 Å². The molecule has 0 aromatic heterocycles. The molecule has 7 heteroatoms. The molecule has 0 bridgehead atoms. The first-order valence-corrected chi connectivity index (χ1v) is 9.21. The van der Waals surface area contributed by atoms with Gasteiger partial charge in [0.05, 0.1) is 19.3 Å². The zero-order chi connectivity index (χ0) is 19.8. The van der Waals surface area contributed by atoms with Gasteiger partial charge in [0.25, 0.3) is 0 Å². The topological polar surface area (TPSA) is 83.5 Å². The largest absolute Gasteiger partial charge is 0.497 e. The van der Waals surface area contributed by atoms with Crippen molar-refractivity contribution in [2.24, 2.45) is 0 Å². The summed E-state index contributed by atoms with van der Waals surface area (Å²) in [5, 5.41) is 9.25. The average Bonchev–Trinajstić information content (AvgIpc) is 2.73. The molecule has 1 N–H and O–H groups in total. The maximum absolute atomic E-state index is 11.3. The van der Waals surface area contributed by atoms with Crippen LogP contribution >= 0.6 is 0 Å². The van der Waals surface area contributed by atoms with Gasteiger partial charge < -0.3 is 28.8 Å². The van der Waals surface area contributed by atoms with Crippen molar-refractivity contribution in [3.8, 4) is 23.0 Å². The summed E-state index contributed by atoms with van der Waals surface area (Å²) in [4.78, 5) is 11.3. The van der Waals surface area contributed by atoms with E-state index in [2.05, 4.69) is 0 Å². The molecule has 1 unspecified atom stereocenters. The molecule has 0 saturated carbocycles. The van der Waals surface area contributed by atoms with Crippen molar-refractivity contribution in [2.75, 3.05) is 26.9 Å². The minimum atomic E-state index is -1.04. The fourth-order valence-electron chi connectivity index (χ4n) is 2.80. The Kier molecular flexibility index (Phi) is 7.11. The lowest BCUT2D eigenvalue weighted by Gasteiger charge is -2.22. The lowest BCUT2D eigenvalue weighted by atomic mass is 10.2. The van der Waals surface area contributed by atoms with Crippen molar-refractivity contribution >= 4 is 5.97 Å². The van der Waals surface area contributed by atoms with E-state index in [1.165, 1.54) is 12.1 Å². The second-order valence-electron chi connectivity index (χ2n) is 6.26. The first-order valence-electron chi connectivity index (χ1n) is 9.21.